The lowest BCUT2D eigenvalue weighted by atomic mass is 10.2. The van der Waals surface area contributed by atoms with Gasteiger partial charge in [0.2, 0.25) is 0 Å². The Hall–Kier alpha value is -1.80. The topological polar surface area (TPSA) is 9.23 Å². The number of halogens is 2. The van der Waals surface area contributed by atoms with Crippen LogP contribution in [0, 0.1) is 5.82 Å². The molecule has 0 amide bonds. The highest BCUT2D eigenvalue weighted by Gasteiger charge is 2.03. The van der Waals surface area contributed by atoms with Crippen molar-refractivity contribution in [3.8, 4) is 11.5 Å². The Morgan fingerprint density at radius 1 is 1.06 bits per heavy atom. The smallest absolute Gasteiger partial charge is 0.165 e. The molecule has 1 nitrogen and oxygen atoms in total. The normalized spacial score (nSPS) is 10.0. The third-order valence-electron chi connectivity index (χ3n) is 2.23. The van der Waals surface area contributed by atoms with Crippen LogP contribution < -0.4 is 4.74 Å². The zero-order valence-electron chi connectivity index (χ0n) is 8.99. The summed E-state index contributed by atoms with van der Waals surface area (Å²) in [6, 6.07) is 13.2. The van der Waals surface area contributed by atoms with E-state index in [4.69, 9.17) is 16.3 Å². The van der Waals surface area contributed by atoms with Gasteiger partial charge in [0.05, 0.1) is 0 Å². The second-order valence-electron chi connectivity index (χ2n) is 3.46. The molecular weight excluding hydrogens is 239 g/mol. The van der Waals surface area contributed by atoms with E-state index >= 15 is 0 Å². The highest BCUT2D eigenvalue weighted by Crippen LogP contribution is 2.26. The average Bonchev–Trinajstić information content (AvgIpc) is 2.33. The van der Waals surface area contributed by atoms with Crippen molar-refractivity contribution in [1.29, 1.82) is 0 Å². The van der Waals surface area contributed by atoms with Crippen molar-refractivity contribution in [3.63, 3.8) is 0 Å². The zero-order valence-corrected chi connectivity index (χ0v) is 9.75. The molecular formula is C14H10ClFO. The van der Waals surface area contributed by atoms with Crippen LogP contribution in [0.4, 0.5) is 4.39 Å². The lowest BCUT2D eigenvalue weighted by molar-refractivity contribution is 0.442. The summed E-state index contributed by atoms with van der Waals surface area (Å²) in [6.07, 6.45) is 0. The number of benzene rings is 2. The van der Waals surface area contributed by atoms with Crippen LogP contribution in [-0.2, 0) is 0 Å². The zero-order chi connectivity index (χ0) is 12.3. The van der Waals surface area contributed by atoms with E-state index in [1.54, 1.807) is 42.5 Å². The number of hydrogen-bond donors (Lipinski definition) is 0. The summed E-state index contributed by atoms with van der Waals surface area (Å²) in [5.41, 5.74) is 0.813. The SMILES string of the molecule is C=C(Cl)c1ccc(Oc2ccccc2F)cc1. The average molecular weight is 249 g/mol. The minimum Gasteiger partial charge on any atom is -0.454 e. The number of hydrogen-bond acceptors (Lipinski definition) is 1. The summed E-state index contributed by atoms with van der Waals surface area (Å²) < 4.78 is 18.7. The highest BCUT2D eigenvalue weighted by molar-refractivity contribution is 6.48. The first kappa shape index (κ1) is 11.7. The van der Waals surface area contributed by atoms with Crippen molar-refractivity contribution in [1.82, 2.24) is 0 Å². The standard InChI is InChI=1S/C14H10ClFO/c1-10(15)11-6-8-12(9-7-11)17-14-5-3-2-4-13(14)16/h2-9H,1H2. The van der Waals surface area contributed by atoms with Crippen LogP contribution >= 0.6 is 11.6 Å². The molecule has 0 radical (unpaired) electrons. The number of para-hydroxylation sites is 1. The van der Waals surface area contributed by atoms with Gasteiger partial charge >= 0.3 is 0 Å². The summed E-state index contributed by atoms with van der Waals surface area (Å²) in [4.78, 5) is 0. The van der Waals surface area contributed by atoms with Crippen LogP contribution in [0.1, 0.15) is 5.56 Å². The van der Waals surface area contributed by atoms with Crippen LogP contribution in [0.15, 0.2) is 55.1 Å². The molecule has 0 N–H and O–H groups in total. The van der Waals surface area contributed by atoms with Crippen molar-refractivity contribution in [2.24, 2.45) is 0 Å². The van der Waals surface area contributed by atoms with Gasteiger partial charge in [-0.2, -0.15) is 0 Å². The maximum atomic E-state index is 13.3. The van der Waals surface area contributed by atoms with Crippen molar-refractivity contribution in [2.45, 2.75) is 0 Å². The van der Waals surface area contributed by atoms with E-state index in [1.165, 1.54) is 6.07 Å². The molecule has 0 saturated heterocycles. The van der Waals surface area contributed by atoms with Gasteiger partial charge in [0.1, 0.15) is 5.75 Å². The van der Waals surface area contributed by atoms with Gasteiger partial charge in [-0.3, -0.25) is 0 Å². The molecule has 17 heavy (non-hydrogen) atoms. The third kappa shape index (κ3) is 2.86. The first-order valence-electron chi connectivity index (χ1n) is 5.04. The second-order valence-corrected chi connectivity index (χ2v) is 3.92. The van der Waals surface area contributed by atoms with E-state index in [0.717, 1.165) is 5.56 Å². The Labute approximate surface area is 104 Å². The molecule has 0 aliphatic heterocycles. The fraction of sp³-hybridized carbons (Fsp3) is 0. The fourth-order valence-electron chi connectivity index (χ4n) is 1.36. The van der Waals surface area contributed by atoms with Crippen molar-refractivity contribution in [3.05, 3.63) is 66.5 Å². The summed E-state index contributed by atoms with van der Waals surface area (Å²) >= 11 is 5.75. The van der Waals surface area contributed by atoms with E-state index in [9.17, 15) is 4.39 Å². The molecule has 2 aromatic rings. The van der Waals surface area contributed by atoms with Crippen LogP contribution in [0.25, 0.3) is 5.03 Å². The van der Waals surface area contributed by atoms with Gasteiger partial charge in [-0.1, -0.05) is 30.3 Å². The fourth-order valence-corrected chi connectivity index (χ4v) is 1.48. The van der Waals surface area contributed by atoms with E-state index in [1.807, 2.05) is 0 Å². The quantitative estimate of drug-likeness (QED) is 0.756. The predicted octanol–water partition coefficient (Wildman–Crippen LogP) is 4.83. The van der Waals surface area contributed by atoms with Gasteiger partial charge in [0.25, 0.3) is 0 Å². The van der Waals surface area contributed by atoms with Crippen LogP contribution in [-0.4, -0.2) is 0 Å². The highest BCUT2D eigenvalue weighted by atomic mass is 35.5. The molecule has 0 aromatic heterocycles. The predicted molar refractivity (Wildman–Crippen MR) is 67.8 cm³/mol. The number of ether oxygens (including phenoxy) is 1. The monoisotopic (exact) mass is 248 g/mol. The lowest BCUT2D eigenvalue weighted by Crippen LogP contribution is -1.87. The Kier molecular flexibility index (Phi) is 3.45. The summed E-state index contributed by atoms with van der Waals surface area (Å²) in [5.74, 6) is 0.361. The van der Waals surface area contributed by atoms with Gasteiger partial charge < -0.3 is 4.74 Å². The van der Waals surface area contributed by atoms with Gasteiger partial charge in [-0.05, 0) is 42.0 Å². The van der Waals surface area contributed by atoms with Gasteiger partial charge in [-0.25, -0.2) is 4.39 Å². The van der Waals surface area contributed by atoms with Gasteiger partial charge in [0.15, 0.2) is 11.6 Å². The Balaban J connectivity index is 2.20. The minimum absolute atomic E-state index is 0.199. The minimum atomic E-state index is -0.390. The molecule has 0 aliphatic carbocycles. The summed E-state index contributed by atoms with van der Waals surface area (Å²) in [6.45, 7) is 3.62. The van der Waals surface area contributed by atoms with Crippen molar-refractivity contribution < 1.29 is 9.13 Å². The number of rotatable bonds is 3. The maximum Gasteiger partial charge on any atom is 0.165 e. The molecule has 0 aliphatic rings. The van der Waals surface area contributed by atoms with Crippen LogP contribution in [0.3, 0.4) is 0 Å². The van der Waals surface area contributed by atoms with E-state index in [2.05, 4.69) is 6.58 Å². The lowest BCUT2D eigenvalue weighted by Gasteiger charge is -2.07. The van der Waals surface area contributed by atoms with Gasteiger partial charge in [0, 0.05) is 5.03 Å². The van der Waals surface area contributed by atoms with Crippen molar-refractivity contribution >= 4 is 16.6 Å². The third-order valence-corrected chi connectivity index (χ3v) is 2.45. The van der Waals surface area contributed by atoms with E-state index in [-0.39, 0.29) is 5.75 Å². The molecule has 2 rings (SSSR count). The van der Waals surface area contributed by atoms with E-state index < -0.39 is 5.82 Å². The van der Waals surface area contributed by atoms with Crippen LogP contribution in [0.2, 0.25) is 0 Å². The van der Waals surface area contributed by atoms with E-state index in [0.29, 0.717) is 10.8 Å². The summed E-state index contributed by atoms with van der Waals surface area (Å²) in [5, 5.41) is 0.461. The maximum absolute atomic E-state index is 13.3. The second kappa shape index (κ2) is 5.02. The molecule has 0 atom stereocenters. The molecule has 3 heteroatoms. The van der Waals surface area contributed by atoms with Gasteiger partial charge in [-0.15, -0.1) is 0 Å². The molecule has 0 fully saturated rings. The van der Waals surface area contributed by atoms with Crippen LogP contribution in [0.5, 0.6) is 11.5 Å². The molecule has 86 valence electrons. The summed E-state index contributed by atoms with van der Waals surface area (Å²) in [7, 11) is 0. The molecule has 0 spiro atoms. The Morgan fingerprint density at radius 2 is 1.71 bits per heavy atom. The van der Waals surface area contributed by atoms with Crippen molar-refractivity contribution in [2.75, 3.05) is 0 Å². The molecule has 2 aromatic carbocycles. The Morgan fingerprint density at radius 3 is 2.29 bits per heavy atom. The first-order chi connectivity index (χ1) is 8.16. The Bertz CT molecular complexity index is 534. The first-order valence-corrected chi connectivity index (χ1v) is 5.42. The largest absolute Gasteiger partial charge is 0.454 e. The molecule has 0 heterocycles. The molecule has 0 saturated carbocycles. The molecule has 0 bridgehead atoms. The molecule has 0 unspecified atom stereocenters.